The number of rotatable bonds is 6. The van der Waals surface area contributed by atoms with E-state index in [2.05, 4.69) is 15.3 Å². The highest BCUT2D eigenvalue weighted by atomic mass is 16.2. The van der Waals surface area contributed by atoms with Gasteiger partial charge in [-0.3, -0.25) is 19.3 Å². The number of aromatic nitrogens is 2. The van der Waals surface area contributed by atoms with Gasteiger partial charge in [0, 0.05) is 0 Å². The second-order valence-corrected chi connectivity index (χ2v) is 6.16. The van der Waals surface area contributed by atoms with E-state index in [-0.39, 0.29) is 30.1 Å². The molecule has 0 aliphatic heterocycles. The maximum absolute atomic E-state index is 12.3. The van der Waals surface area contributed by atoms with E-state index in [9.17, 15) is 14.4 Å². The Kier molecular flexibility index (Phi) is 5.28. The van der Waals surface area contributed by atoms with E-state index in [1.54, 1.807) is 54.4 Å². The van der Waals surface area contributed by atoms with Crippen LogP contribution in [-0.4, -0.2) is 40.3 Å². The van der Waals surface area contributed by atoms with Crippen molar-refractivity contribution in [2.75, 3.05) is 18.9 Å². The standard InChI is InChI=1S/C19H19N5O3/c1-24(10-16-21-15-9-5-3-7-13(15)19(27)23-16)11-17(25)22-14-8-4-2-6-12(14)18(20)26/h2-9H,10-11H2,1H3,(H2,20,26)(H,22,25)(H,21,23,27). The van der Waals surface area contributed by atoms with Gasteiger partial charge in [0.15, 0.2) is 0 Å². The molecular weight excluding hydrogens is 346 g/mol. The van der Waals surface area contributed by atoms with Gasteiger partial charge in [-0.15, -0.1) is 0 Å². The molecule has 0 atom stereocenters. The molecular formula is C19H19N5O3. The Hall–Kier alpha value is -3.52. The SMILES string of the molecule is CN(CC(=O)Nc1ccccc1C(N)=O)Cc1nc2ccccc2c(=O)[nH]1. The normalized spacial score (nSPS) is 10.9. The van der Waals surface area contributed by atoms with Crippen molar-refractivity contribution >= 4 is 28.4 Å². The van der Waals surface area contributed by atoms with Crippen molar-refractivity contribution in [2.45, 2.75) is 6.54 Å². The first-order valence-corrected chi connectivity index (χ1v) is 8.29. The number of H-pyrrole nitrogens is 1. The third-order valence-electron chi connectivity index (χ3n) is 3.96. The number of benzene rings is 2. The molecule has 0 fully saturated rings. The number of carbonyl (C=O) groups excluding carboxylic acids is 2. The monoisotopic (exact) mass is 365 g/mol. The van der Waals surface area contributed by atoms with Crippen LogP contribution in [0.4, 0.5) is 5.69 Å². The van der Waals surface area contributed by atoms with Gasteiger partial charge in [0.05, 0.1) is 35.2 Å². The number of para-hydroxylation sites is 2. The Labute approximate surface area is 155 Å². The summed E-state index contributed by atoms with van der Waals surface area (Å²) in [6.07, 6.45) is 0. The van der Waals surface area contributed by atoms with E-state index in [1.807, 2.05) is 6.07 Å². The summed E-state index contributed by atoms with van der Waals surface area (Å²) in [6, 6.07) is 13.6. The van der Waals surface area contributed by atoms with Gasteiger partial charge in [-0.2, -0.15) is 0 Å². The quantitative estimate of drug-likeness (QED) is 0.604. The van der Waals surface area contributed by atoms with E-state index < -0.39 is 5.91 Å². The number of aromatic amines is 1. The Morgan fingerprint density at radius 1 is 1.15 bits per heavy atom. The highest BCUT2D eigenvalue weighted by molar-refractivity contribution is 6.03. The van der Waals surface area contributed by atoms with Crippen LogP contribution in [0, 0.1) is 0 Å². The average Bonchev–Trinajstić information content (AvgIpc) is 2.61. The van der Waals surface area contributed by atoms with Crippen molar-refractivity contribution in [2.24, 2.45) is 5.73 Å². The smallest absolute Gasteiger partial charge is 0.258 e. The molecule has 8 nitrogen and oxygen atoms in total. The van der Waals surface area contributed by atoms with Crippen molar-refractivity contribution in [1.82, 2.24) is 14.9 Å². The topological polar surface area (TPSA) is 121 Å². The van der Waals surface area contributed by atoms with Crippen molar-refractivity contribution < 1.29 is 9.59 Å². The minimum Gasteiger partial charge on any atom is -0.366 e. The number of primary amides is 1. The summed E-state index contributed by atoms with van der Waals surface area (Å²) in [5, 5.41) is 3.19. The molecule has 0 aliphatic rings. The lowest BCUT2D eigenvalue weighted by Crippen LogP contribution is -2.31. The molecule has 0 radical (unpaired) electrons. The van der Waals surface area contributed by atoms with Crippen molar-refractivity contribution in [3.8, 4) is 0 Å². The number of carbonyl (C=O) groups is 2. The predicted octanol–water partition coefficient (Wildman–Crippen LogP) is 1.09. The zero-order valence-corrected chi connectivity index (χ0v) is 14.7. The number of nitrogens with zero attached hydrogens (tertiary/aromatic N) is 2. The summed E-state index contributed by atoms with van der Waals surface area (Å²) in [4.78, 5) is 44.6. The van der Waals surface area contributed by atoms with Gasteiger partial charge in [-0.25, -0.2) is 4.98 Å². The number of nitrogens with two attached hydrogens (primary N) is 1. The third-order valence-corrected chi connectivity index (χ3v) is 3.96. The second kappa shape index (κ2) is 7.79. The zero-order valence-electron chi connectivity index (χ0n) is 14.7. The van der Waals surface area contributed by atoms with Gasteiger partial charge >= 0.3 is 0 Å². The van der Waals surface area contributed by atoms with Gasteiger partial charge in [0.1, 0.15) is 5.82 Å². The summed E-state index contributed by atoms with van der Waals surface area (Å²) in [7, 11) is 1.73. The Bertz CT molecular complexity index is 1060. The van der Waals surface area contributed by atoms with Crippen LogP contribution in [0.1, 0.15) is 16.2 Å². The molecule has 8 heteroatoms. The van der Waals surface area contributed by atoms with E-state index in [0.29, 0.717) is 22.4 Å². The van der Waals surface area contributed by atoms with Gasteiger partial charge in [0.2, 0.25) is 5.91 Å². The number of likely N-dealkylation sites (N-methyl/N-ethyl adjacent to an activating group) is 1. The largest absolute Gasteiger partial charge is 0.366 e. The maximum Gasteiger partial charge on any atom is 0.258 e. The van der Waals surface area contributed by atoms with Gasteiger partial charge in [-0.1, -0.05) is 24.3 Å². The first-order chi connectivity index (χ1) is 12.9. The van der Waals surface area contributed by atoms with Crippen LogP contribution in [0.15, 0.2) is 53.3 Å². The second-order valence-electron chi connectivity index (χ2n) is 6.16. The first-order valence-electron chi connectivity index (χ1n) is 8.29. The lowest BCUT2D eigenvalue weighted by molar-refractivity contribution is -0.117. The number of anilines is 1. The molecule has 3 rings (SSSR count). The van der Waals surface area contributed by atoms with Crippen LogP contribution < -0.4 is 16.6 Å². The highest BCUT2D eigenvalue weighted by Gasteiger charge is 2.13. The number of fused-ring (bicyclic) bond motifs is 1. The zero-order chi connectivity index (χ0) is 19.4. The fourth-order valence-corrected chi connectivity index (χ4v) is 2.76. The van der Waals surface area contributed by atoms with E-state index in [1.165, 1.54) is 0 Å². The van der Waals surface area contributed by atoms with Gasteiger partial charge in [-0.05, 0) is 31.3 Å². The number of hydrogen-bond donors (Lipinski definition) is 3. The lowest BCUT2D eigenvalue weighted by atomic mass is 10.1. The summed E-state index contributed by atoms with van der Waals surface area (Å²) in [5.41, 5.74) is 6.30. The maximum atomic E-state index is 12.3. The van der Waals surface area contributed by atoms with E-state index in [0.717, 1.165) is 0 Å². The Morgan fingerprint density at radius 3 is 2.63 bits per heavy atom. The average molecular weight is 365 g/mol. The molecule has 27 heavy (non-hydrogen) atoms. The highest BCUT2D eigenvalue weighted by Crippen LogP contribution is 2.14. The number of hydrogen-bond acceptors (Lipinski definition) is 5. The molecule has 0 spiro atoms. The fourth-order valence-electron chi connectivity index (χ4n) is 2.76. The summed E-state index contributed by atoms with van der Waals surface area (Å²) in [6.45, 7) is 0.328. The van der Waals surface area contributed by atoms with Gasteiger partial charge < -0.3 is 16.0 Å². The van der Waals surface area contributed by atoms with Crippen LogP contribution >= 0.6 is 0 Å². The lowest BCUT2D eigenvalue weighted by Gasteiger charge is -2.16. The summed E-state index contributed by atoms with van der Waals surface area (Å²) in [5.74, 6) is -0.460. The van der Waals surface area contributed by atoms with Gasteiger partial charge in [0.25, 0.3) is 11.5 Å². The van der Waals surface area contributed by atoms with Crippen molar-refractivity contribution in [1.29, 1.82) is 0 Å². The molecule has 0 aliphatic carbocycles. The molecule has 4 N–H and O–H groups in total. The minimum atomic E-state index is -0.614. The van der Waals surface area contributed by atoms with E-state index in [4.69, 9.17) is 5.73 Å². The molecule has 2 aromatic carbocycles. The summed E-state index contributed by atoms with van der Waals surface area (Å²) < 4.78 is 0. The van der Waals surface area contributed by atoms with Crippen LogP contribution in [0.3, 0.4) is 0 Å². The minimum absolute atomic E-state index is 0.0453. The molecule has 0 unspecified atom stereocenters. The number of nitrogens with one attached hydrogen (secondary N) is 2. The van der Waals surface area contributed by atoms with Crippen LogP contribution in [0.2, 0.25) is 0 Å². The third kappa shape index (κ3) is 4.36. The van der Waals surface area contributed by atoms with E-state index >= 15 is 0 Å². The Balaban J connectivity index is 1.67. The molecule has 0 bridgehead atoms. The van der Waals surface area contributed by atoms with Crippen LogP contribution in [0.5, 0.6) is 0 Å². The Morgan fingerprint density at radius 2 is 1.85 bits per heavy atom. The predicted molar refractivity (Wildman–Crippen MR) is 102 cm³/mol. The molecule has 0 saturated heterocycles. The molecule has 1 aromatic heterocycles. The first kappa shape index (κ1) is 18.3. The van der Waals surface area contributed by atoms with Crippen molar-refractivity contribution in [3.05, 3.63) is 70.3 Å². The molecule has 3 aromatic rings. The number of amides is 2. The fraction of sp³-hybridized carbons (Fsp3) is 0.158. The molecule has 138 valence electrons. The van der Waals surface area contributed by atoms with Crippen LogP contribution in [0.25, 0.3) is 10.9 Å². The summed E-state index contributed by atoms with van der Waals surface area (Å²) >= 11 is 0. The molecule has 1 heterocycles. The van der Waals surface area contributed by atoms with Crippen LogP contribution in [-0.2, 0) is 11.3 Å². The van der Waals surface area contributed by atoms with Crippen molar-refractivity contribution in [3.63, 3.8) is 0 Å². The molecule has 0 saturated carbocycles. The molecule has 2 amide bonds.